The van der Waals surface area contributed by atoms with E-state index in [1.54, 1.807) is 4.90 Å². The molecular weight excluding hydrogens is 242 g/mol. The van der Waals surface area contributed by atoms with Crippen LogP contribution in [0.4, 0.5) is 5.69 Å². The zero-order chi connectivity index (χ0) is 13.3. The molecule has 2 heterocycles. The van der Waals surface area contributed by atoms with E-state index in [-0.39, 0.29) is 5.91 Å². The molecule has 1 unspecified atom stereocenters. The van der Waals surface area contributed by atoms with Gasteiger partial charge in [-0.15, -0.1) is 0 Å². The minimum Gasteiger partial charge on any atom is -0.362 e. The summed E-state index contributed by atoms with van der Waals surface area (Å²) in [6, 6.07) is 7.53. The predicted molar refractivity (Wildman–Crippen MR) is 71.7 cm³/mol. The van der Waals surface area contributed by atoms with Crippen molar-refractivity contribution in [3.8, 4) is 0 Å². The molecular formula is C14H17N3O2. The molecule has 3 rings (SSSR count). The minimum atomic E-state index is -0.413. The summed E-state index contributed by atoms with van der Waals surface area (Å²) in [5.74, 6) is -0.0334. The Labute approximate surface area is 112 Å². The maximum absolute atomic E-state index is 12.2. The summed E-state index contributed by atoms with van der Waals surface area (Å²) < 4.78 is 0. The van der Waals surface area contributed by atoms with Crippen molar-refractivity contribution in [3.05, 3.63) is 29.8 Å². The minimum absolute atomic E-state index is 0.0334. The quantitative estimate of drug-likeness (QED) is 0.744. The zero-order valence-electron chi connectivity index (χ0n) is 10.7. The molecule has 19 heavy (non-hydrogen) atoms. The molecule has 1 aromatic carbocycles. The average Bonchev–Trinajstić information content (AvgIpc) is 2.61. The van der Waals surface area contributed by atoms with Crippen molar-refractivity contribution in [2.24, 2.45) is 0 Å². The second-order valence-corrected chi connectivity index (χ2v) is 5.20. The number of rotatable bonds is 1. The van der Waals surface area contributed by atoms with Crippen LogP contribution in [-0.2, 0) is 4.79 Å². The Hall–Kier alpha value is -2.04. The number of likely N-dealkylation sites (tertiary alicyclic amines) is 1. The summed E-state index contributed by atoms with van der Waals surface area (Å²) in [7, 11) is 0. The Bertz CT molecular complexity index is 517. The average molecular weight is 259 g/mol. The molecule has 5 nitrogen and oxygen atoms in total. The Kier molecular flexibility index (Phi) is 2.89. The monoisotopic (exact) mass is 259 g/mol. The number of fused-ring (bicyclic) bond motifs is 1. The molecule has 2 amide bonds. The van der Waals surface area contributed by atoms with Gasteiger partial charge in [-0.25, -0.2) is 0 Å². The standard InChI is InChI=1S/C14H17N3O2/c18-10-17-8-3-6-14(7-9-17)15-12-5-2-1-4-11(12)13(19)16-14/h1-2,4-5,10,15H,3,6-9H2,(H,16,19). The third-order valence-corrected chi connectivity index (χ3v) is 3.92. The molecule has 2 aliphatic rings. The van der Waals surface area contributed by atoms with Crippen molar-refractivity contribution >= 4 is 18.0 Å². The van der Waals surface area contributed by atoms with E-state index in [0.717, 1.165) is 37.9 Å². The number of carbonyl (C=O) groups excluding carboxylic acids is 2. The summed E-state index contributed by atoms with van der Waals surface area (Å²) in [4.78, 5) is 24.8. The van der Waals surface area contributed by atoms with Gasteiger partial charge in [-0.05, 0) is 25.0 Å². The largest absolute Gasteiger partial charge is 0.362 e. The molecule has 1 saturated heterocycles. The summed E-state index contributed by atoms with van der Waals surface area (Å²) in [5, 5.41) is 6.53. The number of hydrogen-bond acceptors (Lipinski definition) is 3. The maximum Gasteiger partial charge on any atom is 0.255 e. The van der Waals surface area contributed by atoms with Crippen LogP contribution in [0, 0.1) is 0 Å². The Morgan fingerprint density at radius 1 is 1.16 bits per heavy atom. The van der Waals surface area contributed by atoms with Gasteiger partial charge in [0.2, 0.25) is 6.41 Å². The van der Waals surface area contributed by atoms with Gasteiger partial charge in [0.25, 0.3) is 5.91 Å². The number of nitrogens with zero attached hydrogens (tertiary/aromatic N) is 1. The highest BCUT2D eigenvalue weighted by Gasteiger charge is 2.38. The van der Waals surface area contributed by atoms with E-state index in [4.69, 9.17) is 0 Å². The van der Waals surface area contributed by atoms with Gasteiger partial charge in [0, 0.05) is 25.2 Å². The first-order valence-electron chi connectivity index (χ1n) is 6.61. The van der Waals surface area contributed by atoms with Crippen molar-refractivity contribution < 1.29 is 9.59 Å². The van der Waals surface area contributed by atoms with Crippen LogP contribution in [0.25, 0.3) is 0 Å². The summed E-state index contributed by atoms with van der Waals surface area (Å²) in [6.45, 7) is 1.42. The van der Waals surface area contributed by atoms with Gasteiger partial charge >= 0.3 is 0 Å². The Balaban J connectivity index is 1.87. The van der Waals surface area contributed by atoms with Crippen molar-refractivity contribution in [1.82, 2.24) is 10.2 Å². The Morgan fingerprint density at radius 3 is 2.84 bits per heavy atom. The molecule has 1 spiro atoms. The second-order valence-electron chi connectivity index (χ2n) is 5.20. The lowest BCUT2D eigenvalue weighted by atomic mass is 9.95. The maximum atomic E-state index is 12.2. The highest BCUT2D eigenvalue weighted by molar-refractivity contribution is 6.02. The van der Waals surface area contributed by atoms with Gasteiger partial charge in [0.1, 0.15) is 5.66 Å². The van der Waals surface area contributed by atoms with Gasteiger partial charge in [0.15, 0.2) is 0 Å². The van der Waals surface area contributed by atoms with Crippen LogP contribution in [-0.4, -0.2) is 36.0 Å². The van der Waals surface area contributed by atoms with Crippen molar-refractivity contribution in [3.63, 3.8) is 0 Å². The topological polar surface area (TPSA) is 61.4 Å². The van der Waals surface area contributed by atoms with E-state index in [1.807, 2.05) is 24.3 Å². The number of para-hydroxylation sites is 1. The van der Waals surface area contributed by atoms with Gasteiger partial charge in [-0.1, -0.05) is 12.1 Å². The van der Waals surface area contributed by atoms with Crippen LogP contribution < -0.4 is 10.6 Å². The van der Waals surface area contributed by atoms with Crippen molar-refractivity contribution in [1.29, 1.82) is 0 Å². The number of hydrogen-bond donors (Lipinski definition) is 2. The summed E-state index contributed by atoms with van der Waals surface area (Å²) in [6.07, 6.45) is 3.33. The SMILES string of the molecule is O=CN1CCCC2(CC1)NC(=O)c1ccccc1N2. The number of carbonyl (C=O) groups is 2. The van der Waals surface area contributed by atoms with E-state index >= 15 is 0 Å². The van der Waals surface area contributed by atoms with Crippen LogP contribution in [0.15, 0.2) is 24.3 Å². The first-order chi connectivity index (χ1) is 9.22. The van der Waals surface area contributed by atoms with E-state index in [9.17, 15) is 9.59 Å². The van der Waals surface area contributed by atoms with Gasteiger partial charge in [-0.3, -0.25) is 9.59 Å². The second kappa shape index (κ2) is 4.57. The van der Waals surface area contributed by atoms with Gasteiger partial charge < -0.3 is 15.5 Å². The highest BCUT2D eigenvalue weighted by Crippen LogP contribution is 2.30. The number of nitrogens with one attached hydrogen (secondary N) is 2. The number of benzene rings is 1. The van der Waals surface area contributed by atoms with Crippen LogP contribution in [0.1, 0.15) is 29.6 Å². The molecule has 0 saturated carbocycles. The zero-order valence-corrected chi connectivity index (χ0v) is 10.7. The van der Waals surface area contributed by atoms with Crippen LogP contribution in [0.5, 0.6) is 0 Å². The highest BCUT2D eigenvalue weighted by atomic mass is 16.2. The first kappa shape index (κ1) is 12.0. The fraction of sp³-hybridized carbons (Fsp3) is 0.429. The third kappa shape index (κ3) is 2.16. The lowest BCUT2D eigenvalue weighted by molar-refractivity contribution is -0.118. The van der Waals surface area contributed by atoms with E-state index in [1.165, 1.54) is 0 Å². The Morgan fingerprint density at radius 2 is 2.00 bits per heavy atom. The molecule has 1 aromatic rings. The molecule has 5 heteroatoms. The fourth-order valence-electron chi connectivity index (χ4n) is 2.87. The molecule has 0 aliphatic carbocycles. The lowest BCUT2D eigenvalue weighted by Gasteiger charge is -2.40. The van der Waals surface area contributed by atoms with Crippen LogP contribution in [0.3, 0.4) is 0 Å². The molecule has 2 aliphatic heterocycles. The van der Waals surface area contributed by atoms with Gasteiger partial charge in [0.05, 0.1) is 5.56 Å². The van der Waals surface area contributed by atoms with Crippen molar-refractivity contribution in [2.45, 2.75) is 24.9 Å². The summed E-state index contributed by atoms with van der Waals surface area (Å²) in [5.41, 5.74) is 1.15. The molecule has 0 radical (unpaired) electrons. The molecule has 0 bridgehead atoms. The van der Waals surface area contributed by atoms with E-state index in [0.29, 0.717) is 12.1 Å². The van der Waals surface area contributed by atoms with Crippen LogP contribution >= 0.6 is 0 Å². The lowest BCUT2D eigenvalue weighted by Crippen LogP contribution is -2.57. The van der Waals surface area contributed by atoms with Crippen LogP contribution in [0.2, 0.25) is 0 Å². The van der Waals surface area contributed by atoms with Gasteiger partial charge in [-0.2, -0.15) is 0 Å². The molecule has 100 valence electrons. The number of anilines is 1. The molecule has 0 aromatic heterocycles. The van der Waals surface area contributed by atoms with E-state index < -0.39 is 5.66 Å². The summed E-state index contributed by atoms with van der Waals surface area (Å²) >= 11 is 0. The van der Waals surface area contributed by atoms with Crippen molar-refractivity contribution in [2.75, 3.05) is 18.4 Å². The fourth-order valence-corrected chi connectivity index (χ4v) is 2.87. The predicted octanol–water partition coefficient (Wildman–Crippen LogP) is 1.18. The van der Waals surface area contributed by atoms with E-state index in [2.05, 4.69) is 10.6 Å². The first-order valence-corrected chi connectivity index (χ1v) is 6.61. The normalized spacial score (nSPS) is 26.1. The third-order valence-electron chi connectivity index (χ3n) is 3.92. The smallest absolute Gasteiger partial charge is 0.255 e. The number of amides is 2. The molecule has 1 atom stereocenters. The molecule has 2 N–H and O–H groups in total. The molecule has 1 fully saturated rings.